The zero-order chi connectivity index (χ0) is 14.8. The lowest BCUT2D eigenvalue weighted by molar-refractivity contribution is -0.117. The molecule has 1 amide bonds. The Hall–Kier alpha value is -1.35. The van der Waals surface area contributed by atoms with Crippen LogP contribution in [0.4, 0.5) is 0 Å². The first-order valence-electron chi connectivity index (χ1n) is 7.67. The average Bonchev–Trinajstić information content (AvgIpc) is 2.48. The van der Waals surface area contributed by atoms with Crippen LogP contribution in [0, 0.1) is 0 Å². The molecule has 3 nitrogen and oxygen atoms in total. The van der Waals surface area contributed by atoms with E-state index in [2.05, 4.69) is 30.6 Å². The van der Waals surface area contributed by atoms with E-state index in [0.29, 0.717) is 12.1 Å². The highest BCUT2D eigenvalue weighted by atomic mass is 16.1. The summed E-state index contributed by atoms with van der Waals surface area (Å²) < 4.78 is 0. The molecular formula is C17H28N2O. The number of carbonyl (C=O) groups is 1. The first-order valence-corrected chi connectivity index (χ1v) is 7.67. The lowest BCUT2D eigenvalue weighted by Crippen LogP contribution is -2.37. The van der Waals surface area contributed by atoms with Gasteiger partial charge in [-0.3, -0.25) is 4.79 Å². The van der Waals surface area contributed by atoms with Crippen molar-refractivity contribution in [1.82, 2.24) is 10.2 Å². The number of hydrogen-bond donors (Lipinski definition) is 1. The van der Waals surface area contributed by atoms with Crippen molar-refractivity contribution in [3.8, 4) is 0 Å². The van der Waals surface area contributed by atoms with Gasteiger partial charge >= 0.3 is 0 Å². The minimum absolute atomic E-state index is 0.0304. The summed E-state index contributed by atoms with van der Waals surface area (Å²) in [5, 5.41) is 2.97. The van der Waals surface area contributed by atoms with Crippen molar-refractivity contribution in [3.05, 3.63) is 36.0 Å². The number of amides is 1. The van der Waals surface area contributed by atoms with Crippen LogP contribution in [0.1, 0.15) is 39.5 Å². The lowest BCUT2D eigenvalue weighted by Gasteiger charge is -2.26. The van der Waals surface area contributed by atoms with Crippen LogP contribution in [0.2, 0.25) is 0 Å². The standard InChI is InChI=1S/C17H28N2O/c1-4-15(3)9-10-16(5-2)17(20)18-11-14-19-12-7-6-8-13-19/h5,9-10H,2,4,6-8,11-14H2,1,3H3,(H,18,20)/b15-9-,16-10+. The van der Waals surface area contributed by atoms with Crippen LogP contribution in [0.15, 0.2) is 36.0 Å². The number of carbonyl (C=O) groups excluding carboxylic acids is 1. The summed E-state index contributed by atoms with van der Waals surface area (Å²) in [4.78, 5) is 14.4. The SMILES string of the molecule is C=C/C(=C\C=C(\C)CC)C(=O)NCCN1CCCCC1. The largest absolute Gasteiger partial charge is 0.351 e. The normalized spacial score (nSPS) is 17.9. The molecule has 0 unspecified atom stereocenters. The van der Waals surface area contributed by atoms with Gasteiger partial charge in [0.25, 0.3) is 5.91 Å². The maximum atomic E-state index is 12.0. The second-order valence-electron chi connectivity index (χ2n) is 5.35. The second-order valence-corrected chi connectivity index (χ2v) is 5.35. The predicted octanol–water partition coefficient (Wildman–Crippen LogP) is 3.06. The van der Waals surface area contributed by atoms with Gasteiger partial charge in [0.1, 0.15) is 0 Å². The molecule has 1 rings (SSSR count). The van der Waals surface area contributed by atoms with Crippen LogP contribution in [-0.4, -0.2) is 37.0 Å². The maximum Gasteiger partial charge on any atom is 0.251 e. The summed E-state index contributed by atoms with van der Waals surface area (Å²) in [6.45, 7) is 11.9. The molecule has 3 heteroatoms. The van der Waals surface area contributed by atoms with Gasteiger partial charge in [-0.25, -0.2) is 0 Å². The Kier molecular flexibility index (Phi) is 7.97. The Morgan fingerprint density at radius 1 is 1.25 bits per heavy atom. The molecule has 1 fully saturated rings. The molecule has 1 N–H and O–H groups in total. The third-order valence-corrected chi connectivity index (χ3v) is 3.75. The van der Waals surface area contributed by atoms with E-state index in [-0.39, 0.29) is 5.91 Å². The fourth-order valence-corrected chi connectivity index (χ4v) is 2.20. The van der Waals surface area contributed by atoms with E-state index >= 15 is 0 Å². The molecule has 20 heavy (non-hydrogen) atoms. The summed E-state index contributed by atoms with van der Waals surface area (Å²) >= 11 is 0. The van der Waals surface area contributed by atoms with E-state index in [4.69, 9.17) is 0 Å². The van der Waals surface area contributed by atoms with Gasteiger partial charge in [0.05, 0.1) is 0 Å². The van der Waals surface area contributed by atoms with Crippen molar-refractivity contribution < 1.29 is 4.79 Å². The van der Waals surface area contributed by atoms with Gasteiger partial charge in [-0.2, -0.15) is 0 Å². The maximum absolute atomic E-state index is 12.0. The molecule has 0 aromatic heterocycles. The van der Waals surface area contributed by atoms with Gasteiger partial charge in [0.15, 0.2) is 0 Å². The van der Waals surface area contributed by atoms with Gasteiger partial charge in [0.2, 0.25) is 0 Å². The molecule has 0 aliphatic carbocycles. The third-order valence-electron chi connectivity index (χ3n) is 3.75. The zero-order valence-corrected chi connectivity index (χ0v) is 13.0. The number of nitrogens with one attached hydrogen (secondary N) is 1. The van der Waals surface area contributed by atoms with E-state index in [1.807, 2.05) is 12.2 Å². The molecule has 1 aliphatic heterocycles. The summed E-state index contributed by atoms with van der Waals surface area (Å²) in [5.41, 5.74) is 1.89. The van der Waals surface area contributed by atoms with Gasteiger partial charge < -0.3 is 10.2 Å². The Balaban J connectivity index is 2.37. The smallest absolute Gasteiger partial charge is 0.251 e. The molecule has 0 saturated carbocycles. The Morgan fingerprint density at radius 3 is 2.55 bits per heavy atom. The fraction of sp³-hybridized carbons (Fsp3) is 0.588. The molecule has 1 heterocycles. The predicted molar refractivity (Wildman–Crippen MR) is 85.6 cm³/mol. The number of nitrogens with zero attached hydrogens (tertiary/aromatic N) is 1. The van der Waals surface area contributed by atoms with Gasteiger partial charge in [-0.1, -0.05) is 37.6 Å². The van der Waals surface area contributed by atoms with Crippen molar-refractivity contribution in [1.29, 1.82) is 0 Å². The van der Waals surface area contributed by atoms with E-state index < -0.39 is 0 Å². The second kappa shape index (κ2) is 9.54. The van der Waals surface area contributed by atoms with Crippen LogP contribution in [0.5, 0.6) is 0 Å². The number of rotatable bonds is 7. The van der Waals surface area contributed by atoms with Crippen molar-refractivity contribution in [2.45, 2.75) is 39.5 Å². The summed E-state index contributed by atoms with van der Waals surface area (Å²) in [6, 6.07) is 0. The van der Waals surface area contributed by atoms with E-state index in [1.165, 1.54) is 37.9 Å². The minimum Gasteiger partial charge on any atom is -0.351 e. The van der Waals surface area contributed by atoms with E-state index in [0.717, 1.165) is 13.0 Å². The molecule has 0 spiro atoms. The zero-order valence-electron chi connectivity index (χ0n) is 13.0. The molecule has 1 saturated heterocycles. The van der Waals surface area contributed by atoms with Gasteiger partial charge in [0, 0.05) is 18.7 Å². The first kappa shape index (κ1) is 16.7. The average molecular weight is 276 g/mol. The minimum atomic E-state index is -0.0304. The molecule has 112 valence electrons. The molecule has 0 bridgehead atoms. The highest BCUT2D eigenvalue weighted by molar-refractivity contribution is 5.96. The van der Waals surface area contributed by atoms with Gasteiger partial charge in [-0.15, -0.1) is 0 Å². The lowest BCUT2D eigenvalue weighted by atomic mass is 10.1. The van der Waals surface area contributed by atoms with Crippen LogP contribution >= 0.6 is 0 Å². The summed E-state index contributed by atoms with van der Waals surface area (Å²) in [7, 11) is 0. The highest BCUT2D eigenvalue weighted by Gasteiger charge is 2.10. The van der Waals surface area contributed by atoms with Crippen LogP contribution in [0.25, 0.3) is 0 Å². The number of likely N-dealkylation sites (tertiary alicyclic amines) is 1. The van der Waals surface area contributed by atoms with Crippen LogP contribution < -0.4 is 5.32 Å². The number of piperidine rings is 1. The van der Waals surface area contributed by atoms with Crippen LogP contribution in [0.3, 0.4) is 0 Å². The monoisotopic (exact) mass is 276 g/mol. The summed E-state index contributed by atoms with van der Waals surface area (Å²) in [6.07, 6.45) is 10.4. The Labute approximate surface area is 123 Å². The quantitative estimate of drug-likeness (QED) is 0.572. The van der Waals surface area contributed by atoms with Crippen LogP contribution in [-0.2, 0) is 4.79 Å². The number of allylic oxidation sites excluding steroid dienone is 3. The third kappa shape index (κ3) is 6.20. The molecule has 0 aromatic carbocycles. The molecule has 0 radical (unpaired) electrons. The van der Waals surface area contributed by atoms with Gasteiger partial charge in [-0.05, 0) is 45.4 Å². The molecule has 1 aliphatic rings. The molecular weight excluding hydrogens is 248 g/mol. The Bertz CT molecular complexity index is 376. The van der Waals surface area contributed by atoms with Crippen molar-refractivity contribution >= 4 is 5.91 Å². The van der Waals surface area contributed by atoms with Crippen molar-refractivity contribution in [2.24, 2.45) is 0 Å². The topological polar surface area (TPSA) is 32.3 Å². The number of hydrogen-bond acceptors (Lipinski definition) is 2. The molecule has 0 aromatic rings. The first-order chi connectivity index (χ1) is 9.67. The van der Waals surface area contributed by atoms with Crippen molar-refractivity contribution in [3.63, 3.8) is 0 Å². The van der Waals surface area contributed by atoms with E-state index in [1.54, 1.807) is 6.08 Å². The fourth-order valence-electron chi connectivity index (χ4n) is 2.20. The Morgan fingerprint density at radius 2 is 1.95 bits per heavy atom. The molecule has 0 atom stereocenters. The summed E-state index contributed by atoms with van der Waals surface area (Å²) in [5.74, 6) is -0.0304. The van der Waals surface area contributed by atoms with E-state index in [9.17, 15) is 4.79 Å². The highest BCUT2D eigenvalue weighted by Crippen LogP contribution is 2.07. The van der Waals surface area contributed by atoms with Crippen molar-refractivity contribution in [2.75, 3.05) is 26.2 Å².